The van der Waals surface area contributed by atoms with Gasteiger partial charge in [0.15, 0.2) is 0 Å². The largest absolute Gasteiger partial charge is 0.372 e. The number of nitrogens with two attached hydrogens (primary N) is 1. The molecule has 0 aliphatic carbocycles. The lowest BCUT2D eigenvalue weighted by atomic mass is 10.3. The third-order valence-corrected chi connectivity index (χ3v) is 2.13. The lowest BCUT2D eigenvalue weighted by molar-refractivity contribution is -0.136. The molecule has 0 fully saturated rings. The van der Waals surface area contributed by atoms with Crippen LogP contribution in [0.1, 0.15) is 26.7 Å². The minimum atomic E-state index is -0.158. The number of nitrogens with one attached hydrogen (secondary N) is 1. The average molecular weight is 245 g/mol. The van der Waals surface area contributed by atoms with Crippen molar-refractivity contribution < 1.29 is 14.3 Å². The second-order valence-corrected chi connectivity index (χ2v) is 3.59. The summed E-state index contributed by atoms with van der Waals surface area (Å²) in [5.41, 5.74) is 5.41. The van der Waals surface area contributed by atoms with Crippen LogP contribution in [0.3, 0.4) is 0 Å². The molecular formula is C11H23N3O3. The number of carbonyl (C=O) groups excluding carboxylic acids is 2. The first-order valence-corrected chi connectivity index (χ1v) is 5.97. The Bertz CT molecular complexity index is 234. The zero-order valence-corrected chi connectivity index (χ0v) is 10.7. The summed E-state index contributed by atoms with van der Waals surface area (Å²) in [7, 11) is 0. The fourth-order valence-electron chi connectivity index (χ4n) is 1.23. The van der Waals surface area contributed by atoms with Crippen LogP contribution in [0, 0.1) is 0 Å². The minimum absolute atomic E-state index is 0.0279. The van der Waals surface area contributed by atoms with E-state index in [-0.39, 0.29) is 25.1 Å². The number of hydrogen-bond donors (Lipinski definition) is 2. The van der Waals surface area contributed by atoms with Crippen molar-refractivity contribution in [1.29, 1.82) is 0 Å². The van der Waals surface area contributed by atoms with Gasteiger partial charge in [-0.1, -0.05) is 6.92 Å². The van der Waals surface area contributed by atoms with Crippen LogP contribution >= 0.6 is 0 Å². The molecule has 0 saturated carbocycles. The molecule has 0 unspecified atom stereocenters. The normalized spacial score (nSPS) is 10.1. The minimum Gasteiger partial charge on any atom is -0.372 e. The topological polar surface area (TPSA) is 84.7 Å². The van der Waals surface area contributed by atoms with Gasteiger partial charge in [0.2, 0.25) is 11.8 Å². The summed E-state index contributed by atoms with van der Waals surface area (Å²) in [5, 5.41) is 2.68. The Labute approximate surface area is 102 Å². The molecule has 0 aromatic heterocycles. The molecular weight excluding hydrogens is 222 g/mol. The summed E-state index contributed by atoms with van der Waals surface area (Å²) >= 11 is 0. The highest BCUT2D eigenvalue weighted by Gasteiger charge is 2.13. The lowest BCUT2D eigenvalue weighted by Gasteiger charge is -2.22. The number of ether oxygens (including phenoxy) is 1. The van der Waals surface area contributed by atoms with Crippen molar-refractivity contribution in [1.82, 2.24) is 10.2 Å². The van der Waals surface area contributed by atoms with E-state index in [1.54, 1.807) is 0 Å². The van der Waals surface area contributed by atoms with Crippen LogP contribution in [0.25, 0.3) is 0 Å². The van der Waals surface area contributed by atoms with Crippen molar-refractivity contribution in [3.63, 3.8) is 0 Å². The predicted octanol–water partition coefficient (Wildman–Crippen LogP) is -0.316. The number of hydrogen-bond acceptors (Lipinski definition) is 4. The van der Waals surface area contributed by atoms with Crippen molar-refractivity contribution in [2.75, 3.05) is 33.0 Å². The van der Waals surface area contributed by atoms with E-state index in [2.05, 4.69) is 5.32 Å². The maximum Gasteiger partial charge on any atom is 0.250 e. The Balaban J connectivity index is 4.04. The van der Waals surface area contributed by atoms with Gasteiger partial charge in [-0.15, -0.1) is 0 Å². The lowest BCUT2D eigenvalue weighted by Crippen LogP contribution is -2.45. The highest BCUT2D eigenvalue weighted by molar-refractivity contribution is 5.79. The highest BCUT2D eigenvalue weighted by Crippen LogP contribution is 1.91. The van der Waals surface area contributed by atoms with E-state index < -0.39 is 0 Å². The molecule has 3 N–H and O–H groups in total. The predicted molar refractivity (Wildman–Crippen MR) is 65.2 cm³/mol. The Kier molecular flexibility index (Phi) is 9.37. The van der Waals surface area contributed by atoms with Crippen molar-refractivity contribution in [3.8, 4) is 0 Å². The molecule has 17 heavy (non-hydrogen) atoms. The third kappa shape index (κ3) is 7.70. The summed E-state index contributed by atoms with van der Waals surface area (Å²) in [6.45, 7) is 5.24. The molecule has 0 atom stereocenters. The fraction of sp³-hybridized carbons (Fsp3) is 0.818. The Morgan fingerprint density at radius 1 is 1.35 bits per heavy atom. The van der Waals surface area contributed by atoms with Crippen LogP contribution in [-0.2, 0) is 14.3 Å². The molecule has 0 spiro atoms. The van der Waals surface area contributed by atoms with E-state index in [0.717, 1.165) is 6.42 Å². The van der Waals surface area contributed by atoms with Gasteiger partial charge in [0.1, 0.15) is 6.61 Å². The van der Waals surface area contributed by atoms with Crippen LogP contribution in [0.15, 0.2) is 0 Å². The Morgan fingerprint density at radius 3 is 2.59 bits per heavy atom. The number of carbonyl (C=O) groups is 2. The molecule has 2 amide bonds. The van der Waals surface area contributed by atoms with Crippen molar-refractivity contribution in [2.24, 2.45) is 5.73 Å². The third-order valence-electron chi connectivity index (χ3n) is 2.13. The van der Waals surface area contributed by atoms with E-state index in [9.17, 15) is 9.59 Å². The van der Waals surface area contributed by atoms with E-state index in [1.165, 1.54) is 4.90 Å². The fourth-order valence-corrected chi connectivity index (χ4v) is 1.23. The highest BCUT2D eigenvalue weighted by atomic mass is 16.5. The van der Waals surface area contributed by atoms with E-state index >= 15 is 0 Å². The van der Waals surface area contributed by atoms with E-state index in [4.69, 9.17) is 10.5 Å². The maximum absolute atomic E-state index is 11.7. The summed E-state index contributed by atoms with van der Waals surface area (Å²) in [4.78, 5) is 24.4. The molecule has 0 aromatic rings. The van der Waals surface area contributed by atoms with Gasteiger partial charge in [-0.3, -0.25) is 9.59 Å². The quantitative estimate of drug-likeness (QED) is 0.545. The Hall–Kier alpha value is -1.14. The van der Waals surface area contributed by atoms with Crippen LogP contribution in [0.2, 0.25) is 0 Å². The molecule has 6 heteroatoms. The van der Waals surface area contributed by atoms with Gasteiger partial charge in [0.25, 0.3) is 0 Å². The van der Waals surface area contributed by atoms with E-state index in [0.29, 0.717) is 26.1 Å². The monoisotopic (exact) mass is 245 g/mol. The molecule has 0 bridgehead atoms. The zero-order valence-electron chi connectivity index (χ0n) is 10.7. The van der Waals surface area contributed by atoms with Gasteiger partial charge in [-0.2, -0.15) is 0 Å². The summed E-state index contributed by atoms with van der Waals surface area (Å²) in [6, 6.07) is 0. The smallest absolute Gasteiger partial charge is 0.250 e. The standard InChI is InChI=1S/C11H23N3O3/c1-3-5-10(15)13-9-14(7-6-12)11(16)8-17-4-2/h3-9,12H2,1-2H3,(H,13,15). The number of nitrogens with zero attached hydrogens (tertiary/aromatic N) is 1. The van der Waals surface area contributed by atoms with Crippen LogP contribution in [0.4, 0.5) is 0 Å². The molecule has 0 saturated heterocycles. The Morgan fingerprint density at radius 2 is 2.06 bits per heavy atom. The van der Waals surface area contributed by atoms with Crippen LogP contribution in [0.5, 0.6) is 0 Å². The first kappa shape index (κ1) is 15.9. The van der Waals surface area contributed by atoms with E-state index in [1.807, 2.05) is 13.8 Å². The van der Waals surface area contributed by atoms with Gasteiger partial charge in [0, 0.05) is 26.1 Å². The van der Waals surface area contributed by atoms with Gasteiger partial charge in [0.05, 0.1) is 6.67 Å². The van der Waals surface area contributed by atoms with Gasteiger partial charge >= 0.3 is 0 Å². The molecule has 0 aromatic carbocycles. The maximum atomic E-state index is 11.7. The molecule has 0 aliphatic heterocycles. The van der Waals surface area contributed by atoms with Crippen molar-refractivity contribution in [3.05, 3.63) is 0 Å². The van der Waals surface area contributed by atoms with Gasteiger partial charge in [-0.05, 0) is 13.3 Å². The molecule has 0 aliphatic rings. The number of rotatable bonds is 9. The second kappa shape index (κ2) is 10.0. The molecule has 0 radical (unpaired) electrons. The molecule has 6 nitrogen and oxygen atoms in total. The van der Waals surface area contributed by atoms with Crippen molar-refractivity contribution in [2.45, 2.75) is 26.7 Å². The number of amides is 2. The second-order valence-electron chi connectivity index (χ2n) is 3.59. The summed E-state index contributed by atoms with van der Waals surface area (Å²) in [6.07, 6.45) is 1.26. The molecule has 0 rings (SSSR count). The SMILES string of the molecule is CCCC(=O)NCN(CCN)C(=O)COCC. The molecule has 100 valence electrons. The van der Waals surface area contributed by atoms with Crippen molar-refractivity contribution >= 4 is 11.8 Å². The first-order valence-electron chi connectivity index (χ1n) is 5.97. The van der Waals surface area contributed by atoms with Crippen LogP contribution in [-0.4, -0.2) is 49.7 Å². The summed E-state index contributed by atoms with van der Waals surface area (Å²) in [5.74, 6) is -0.215. The first-order chi connectivity index (χ1) is 8.15. The molecule has 0 heterocycles. The zero-order chi connectivity index (χ0) is 13.1. The summed E-state index contributed by atoms with van der Waals surface area (Å²) < 4.78 is 5.03. The van der Waals surface area contributed by atoms with Gasteiger partial charge < -0.3 is 20.7 Å². The average Bonchev–Trinajstić information content (AvgIpc) is 2.31. The van der Waals surface area contributed by atoms with Crippen LogP contribution < -0.4 is 11.1 Å². The van der Waals surface area contributed by atoms with Gasteiger partial charge in [-0.25, -0.2) is 0 Å².